The molecule has 164 valence electrons. The SMILES string of the molecule is COc1ccc(F)cc1Cc1nc2cc(-c3c(C)noc3C)ccn2c1C1=CCCNC1. The lowest BCUT2D eigenvalue weighted by Gasteiger charge is -2.16. The molecular weight excluding hydrogens is 407 g/mol. The Balaban J connectivity index is 1.67. The lowest BCUT2D eigenvalue weighted by molar-refractivity contribution is 0.393. The van der Waals surface area contributed by atoms with E-state index in [0.717, 1.165) is 64.7 Å². The van der Waals surface area contributed by atoms with E-state index in [9.17, 15) is 4.39 Å². The van der Waals surface area contributed by atoms with E-state index in [0.29, 0.717) is 12.2 Å². The van der Waals surface area contributed by atoms with Crippen LogP contribution in [0.4, 0.5) is 4.39 Å². The van der Waals surface area contributed by atoms with Gasteiger partial charge in [0.1, 0.15) is 23.0 Å². The molecule has 7 heteroatoms. The number of hydrogen-bond acceptors (Lipinski definition) is 5. The average Bonchev–Trinajstić information content (AvgIpc) is 3.32. The summed E-state index contributed by atoms with van der Waals surface area (Å²) in [6.45, 7) is 5.58. The Hall–Kier alpha value is -3.45. The maximum atomic E-state index is 14.0. The van der Waals surface area contributed by atoms with Crippen molar-refractivity contribution in [1.82, 2.24) is 19.9 Å². The second-order valence-corrected chi connectivity index (χ2v) is 8.08. The van der Waals surface area contributed by atoms with Crippen LogP contribution in [0.5, 0.6) is 5.75 Å². The van der Waals surface area contributed by atoms with Gasteiger partial charge in [-0.05, 0) is 68.3 Å². The number of methoxy groups -OCH3 is 1. The van der Waals surface area contributed by atoms with E-state index in [4.69, 9.17) is 14.2 Å². The Bertz CT molecular complexity index is 1320. The van der Waals surface area contributed by atoms with Gasteiger partial charge in [-0.1, -0.05) is 11.2 Å². The van der Waals surface area contributed by atoms with Gasteiger partial charge in [-0.15, -0.1) is 0 Å². The molecule has 0 unspecified atom stereocenters. The normalized spacial score (nSPS) is 14.1. The fourth-order valence-corrected chi connectivity index (χ4v) is 4.50. The molecule has 0 spiro atoms. The minimum atomic E-state index is -0.287. The molecule has 5 rings (SSSR count). The molecule has 4 heterocycles. The summed E-state index contributed by atoms with van der Waals surface area (Å²) >= 11 is 0. The zero-order valence-electron chi connectivity index (χ0n) is 18.4. The van der Waals surface area contributed by atoms with Crippen molar-refractivity contribution in [3.8, 4) is 16.9 Å². The third-order valence-corrected chi connectivity index (χ3v) is 5.95. The number of rotatable bonds is 5. The summed E-state index contributed by atoms with van der Waals surface area (Å²) < 4.78 is 27.0. The number of fused-ring (bicyclic) bond motifs is 1. The van der Waals surface area contributed by atoms with Crippen LogP contribution < -0.4 is 10.1 Å². The first-order valence-corrected chi connectivity index (χ1v) is 10.7. The summed E-state index contributed by atoms with van der Waals surface area (Å²) in [5.74, 6) is 1.15. The molecule has 0 fully saturated rings. The van der Waals surface area contributed by atoms with Gasteiger partial charge in [0.25, 0.3) is 0 Å². The zero-order chi connectivity index (χ0) is 22.2. The van der Waals surface area contributed by atoms with E-state index in [1.54, 1.807) is 13.2 Å². The van der Waals surface area contributed by atoms with Gasteiger partial charge in [-0.25, -0.2) is 9.37 Å². The van der Waals surface area contributed by atoms with Crippen LogP contribution in [0.1, 0.15) is 34.8 Å². The van der Waals surface area contributed by atoms with Crippen LogP contribution in [0.3, 0.4) is 0 Å². The molecule has 4 aromatic rings. The van der Waals surface area contributed by atoms with Gasteiger partial charge in [-0.3, -0.25) is 4.40 Å². The standard InChI is InChI=1S/C25H25FN4O2/c1-15-24(16(2)32-29-15)17-8-10-30-23(13-17)28-21(25(30)18-5-4-9-27-14-18)12-19-11-20(26)6-7-22(19)31-3/h5-8,10-11,13,27H,4,9,12,14H2,1-3H3. The van der Waals surface area contributed by atoms with E-state index in [-0.39, 0.29) is 5.82 Å². The monoisotopic (exact) mass is 432 g/mol. The Morgan fingerprint density at radius 2 is 2.09 bits per heavy atom. The molecule has 0 amide bonds. The molecule has 0 atom stereocenters. The lowest BCUT2D eigenvalue weighted by atomic mass is 10.0. The minimum Gasteiger partial charge on any atom is -0.496 e. The molecule has 3 aromatic heterocycles. The second-order valence-electron chi connectivity index (χ2n) is 8.08. The Kier molecular flexibility index (Phi) is 5.27. The first-order chi connectivity index (χ1) is 15.5. The van der Waals surface area contributed by atoms with Gasteiger partial charge in [-0.2, -0.15) is 0 Å². The number of pyridine rings is 1. The number of hydrogen-bond donors (Lipinski definition) is 1. The summed E-state index contributed by atoms with van der Waals surface area (Å²) in [7, 11) is 1.60. The van der Waals surface area contributed by atoms with E-state index >= 15 is 0 Å². The smallest absolute Gasteiger partial charge is 0.141 e. The molecule has 32 heavy (non-hydrogen) atoms. The fraction of sp³-hybridized carbons (Fsp3) is 0.280. The number of nitrogens with zero attached hydrogens (tertiary/aromatic N) is 3. The molecule has 1 aromatic carbocycles. The summed E-state index contributed by atoms with van der Waals surface area (Å²) in [6, 6.07) is 8.72. The molecule has 6 nitrogen and oxygen atoms in total. The first kappa shape index (κ1) is 20.5. The van der Waals surface area contributed by atoms with Crippen LogP contribution in [0, 0.1) is 19.7 Å². The predicted molar refractivity (Wildman–Crippen MR) is 121 cm³/mol. The topological polar surface area (TPSA) is 64.6 Å². The first-order valence-electron chi connectivity index (χ1n) is 10.7. The molecule has 1 aliphatic rings. The number of halogens is 1. The Morgan fingerprint density at radius 3 is 2.81 bits per heavy atom. The molecule has 0 saturated carbocycles. The van der Waals surface area contributed by atoms with Gasteiger partial charge < -0.3 is 14.6 Å². The largest absolute Gasteiger partial charge is 0.496 e. The number of nitrogens with one attached hydrogen (secondary N) is 1. The number of benzene rings is 1. The van der Waals surface area contributed by atoms with Gasteiger partial charge in [0.15, 0.2) is 0 Å². The van der Waals surface area contributed by atoms with Crippen LogP contribution in [-0.2, 0) is 6.42 Å². The highest BCUT2D eigenvalue weighted by molar-refractivity contribution is 5.75. The van der Waals surface area contributed by atoms with Crippen molar-refractivity contribution < 1.29 is 13.7 Å². The van der Waals surface area contributed by atoms with E-state index < -0.39 is 0 Å². The molecular formula is C25H25FN4O2. The van der Waals surface area contributed by atoms with E-state index in [1.807, 2.05) is 20.0 Å². The number of aryl methyl sites for hydroxylation is 2. The predicted octanol–water partition coefficient (Wildman–Crippen LogP) is 4.72. The van der Waals surface area contributed by atoms with Crippen molar-refractivity contribution in [3.05, 3.63) is 76.8 Å². The Morgan fingerprint density at radius 1 is 1.22 bits per heavy atom. The molecule has 0 bridgehead atoms. The van der Waals surface area contributed by atoms with Gasteiger partial charge >= 0.3 is 0 Å². The molecule has 0 aliphatic carbocycles. The van der Waals surface area contributed by atoms with Crippen LogP contribution in [0.15, 0.2) is 47.1 Å². The Labute approximate surface area is 185 Å². The minimum absolute atomic E-state index is 0.287. The third kappa shape index (κ3) is 3.58. The highest BCUT2D eigenvalue weighted by Gasteiger charge is 2.21. The van der Waals surface area contributed by atoms with Gasteiger partial charge in [0.05, 0.1) is 24.2 Å². The average molecular weight is 432 g/mol. The van der Waals surface area contributed by atoms with Crippen LogP contribution in [0.25, 0.3) is 22.3 Å². The summed E-state index contributed by atoms with van der Waals surface area (Å²) in [5, 5.41) is 7.53. The van der Waals surface area contributed by atoms with Crippen LogP contribution in [0.2, 0.25) is 0 Å². The van der Waals surface area contributed by atoms with Crippen molar-refractivity contribution in [2.75, 3.05) is 20.2 Å². The molecule has 0 saturated heterocycles. The number of ether oxygens (including phenoxy) is 1. The van der Waals surface area contributed by atoms with Crippen LogP contribution >= 0.6 is 0 Å². The third-order valence-electron chi connectivity index (χ3n) is 5.95. The molecule has 1 N–H and O–H groups in total. The van der Waals surface area contributed by atoms with Gasteiger partial charge in [0.2, 0.25) is 0 Å². The highest BCUT2D eigenvalue weighted by Crippen LogP contribution is 2.32. The maximum Gasteiger partial charge on any atom is 0.141 e. The fourth-order valence-electron chi connectivity index (χ4n) is 4.50. The van der Waals surface area contributed by atoms with Crippen molar-refractivity contribution in [2.24, 2.45) is 0 Å². The van der Waals surface area contributed by atoms with Crippen molar-refractivity contribution in [3.63, 3.8) is 0 Å². The molecule has 1 aliphatic heterocycles. The van der Waals surface area contributed by atoms with Crippen molar-refractivity contribution >= 4 is 11.2 Å². The van der Waals surface area contributed by atoms with E-state index in [2.05, 4.69) is 33.1 Å². The highest BCUT2D eigenvalue weighted by atomic mass is 19.1. The van der Waals surface area contributed by atoms with E-state index in [1.165, 1.54) is 17.7 Å². The number of aromatic nitrogens is 3. The summed E-state index contributed by atoms with van der Waals surface area (Å²) in [6.07, 6.45) is 5.73. The summed E-state index contributed by atoms with van der Waals surface area (Å²) in [4.78, 5) is 4.98. The summed E-state index contributed by atoms with van der Waals surface area (Å²) in [5.41, 5.74) is 7.58. The van der Waals surface area contributed by atoms with Gasteiger partial charge in [0, 0.05) is 30.3 Å². The zero-order valence-corrected chi connectivity index (χ0v) is 18.4. The van der Waals surface area contributed by atoms with Crippen molar-refractivity contribution in [2.45, 2.75) is 26.7 Å². The molecule has 0 radical (unpaired) electrons. The lowest BCUT2D eigenvalue weighted by Crippen LogP contribution is -2.22. The second kappa shape index (κ2) is 8.24. The van der Waals surface area contributed by atoms with Crippen molar-refractivity contribution in [1.29, 1.82) is 0 Å². The van der Waals surface area contributed by atoms with Crippen LogP contribution in [-0.4, -0.2) is 34.7 Å². The maximum absolute atomic E-state index is 14.0. The number of imidazole rings is 1. The quantitative estimate of drug-likeness (QED) is 0.494.